The smallest absolute Gasteiger partial charge is 0.0951 e. The zero-order valence-corrected chi connectivity index (χ0v) is 10.8. The van der Waals surface area contributed by atoms with E-state index in [4.69, 9.17) is 5.73 Å². The van der Waals surface area contributed by atoms with E-state index < -0.39 is 0 Å². The fourth-order valence-electron chi connectivity index (χ4n) is 1.98. The second-order valence-corrected chi connectivity index (χ2v) is 4.35. The molecule has 0 amide bonds. The number of nitrogens with zero attached hydrogens (tertiary/aromatic N) is 3. The van der Waals surface area contributed by atoms with Gasteiger partial charge in [-0.15, -0.1) is 0 Å². The van der Waals surface area contributed by atoms with Gasteiger partial charge in [-0.05, 0) is 26.9 Å². The van der Waals surface area contributed by atoms with E-state index >= 15 is 0 Å². The minimum absolute atomic E-state index is 0.0432. The van der Waals surface area contributed by atoms with Crippen LogP contribution in [0.1, 0.15) is 45.5 Å². The van der Waals surface area contributed by atoms with Crippen molar-refractivity contribution >= 4 is 0 Å². The summed E-state index contributed by atoms with van der Waals surface area (Å²) in [5.74, 6) is 0. The van der Waals surface area contributed by atoms with E-state index in [1.165, 1.54) is 0 Å². The molecule has 92 valence electrons. The van der Waals surface area contributed by atoms with Crippen LogP contribution >= 0.6 is 0 Å². The molecule has 0 fully saturated rings. The molecule has 0 saturated heterocycles. The van der Waals surface area contributed by atoms with Crippen LogP contribution in [0.15, 0.2) is 12.5 Å². The summed E-state index contributed by atoms with van der Waals surface area (Å²) in [5.41, 5.74) is 7.03. The Labute approximate surface area is 98.5 Å². The van der Waals surface area contributed by atoms with Crippen molar-refractivity contribution in [3.8, 4) is 0 Å². The number of hydrogen-bond donors (Lipinski definition) is 1. The Morgan fingerprint density at radius 1 is 1.38 bits per heavy atom. The Kier molecular flexibility index (Phi) is 4.96. The van der Waals surface area contributed by atoms with Crippen molar-refractivity contribution in [3.63, 3.8) is 0 Å². The molecule has 1 rings (SSSR count). The fraction of sp³-hybridized carbons (Fsp3) is 0.750. The van der Waals surface area contributed by atoms with E-state index in [9.17, 15) is 0 Å². The average Bonchev–Trinajstić information content (AvgIpc) is 2.74. The molecule has 0 spiro atoms. The highest BCUT2D eigenvalue weighted by Gasteiger charge is 2.14. The summed E-state index contributed by atoms with van der Waals surface area (Å²) in [6, 6.07) is 0.463. The summed E-state index contributed by atoms with van der Waals surface area (Å²) in [6.07, 6.45) is 3.75. The molecule has 16 heavy (non-hydrogen) atoms. The molecule has 0 aliphatic heterocycles. The molecule has 1 aromatic rings. The first kappa shape index (κ1) is 13.2. The highest BCUT2D eigenvalue weighted by atomic mass is 15.2. The lowest BCUT2D eigenvalue weighted by Gasteiger charge is -2.25. The summed E-state index contributed by atoms with van der Waals surface area (Å²) < 4.78 is 2.18. The van der Waals surface area contributed by atoms with E-state index in [-0.39, 0.29) is 6.04 Å². The SMILES string of the molecule is CCN(CC)CC(C)n1cncc1[C@H](C)N. The van der Waals surface area contributed by atoms with Gasteiger partial charge in [0.1, 0.15) is 0 Å². The van der Waals surface area contributed by atoms with E-state index in [0.29, 0.717) is 6.04 Å². The standard InChI is InChI=1S/C12H24N4/c1-5-15(6-2)8-10(3)16-9-14-7-12(16)11(4)13/h7,9-11H,5-6,8,13H2,1-4H3/t10?,11-/m0/s1. The van der Waals surface area contributed by atoms with Gasteiger partial charge < -0.3 is 15.2 Å². The Morgan fingerprint density at radius 2 is 2.00 bits per heavy atom. The summed E-state index contributed by atoms with van der Waals surface area (Å²) >= 11 is 0. The first-order valence-electron chi connectivity index (χ1n) is 6.09. The van der Waals surface area contributed by atoms with E-state index in [0.717, 1.165) is 25.3 Å². The predicted molar refractivity (Wildman–Crippen MR) is 67.3 cm³/mol. The van der Waals surface area contributed by atoms with Crippen molar-refractivity contribution in [1.82, 2.24) is 14.5 Å². The second kappa shape index (κ2) is 6.01. The highest BCUT2D eigenvalue weighted by molar-refractivity contribution is 5.04. The molecule has 1 aromatic heterocycles. The summed E-state index contributed by atoms with van der Waals surface area (Å²) in [4.78, 5) is 6.60. The third kappa shape index (κ3) is 3.06. The lowest BCUT2D eigenvalue weighted by Crippen LogP contribution is -2.30. The predicted octanol–water partition coefficient (Wildman–Crippen LogP) is 1.81. The molecule has 0 aromatic carbocycles. The zero-order valence-electron chi connectivity index (χ0n) is 10.8. The molecule has 2 N–H and O–H groups in total. The summed E-state index contributed by atoms with van der Waals surface area (Å²) in [5, 5.41) is 0. The van der Waals surface area contributed by atoms with Crippen molar-refractivity contribution < 1.29 is 0 Å². The number of rotatable bonds is 6. The van der Waals surface area contributed by atoms with Crippen LogP contribution in [0.3, 0.4) is 0 Å². The quantitative estimate of drug-likeness (QED) is 0.801. The number of nitrogens with two attached hydrogens (primary N) is 1. The van der Waals surface area contributed by atoms with Crippen LogP contribution in [0.2, 0.25) is 0 Å². The summed E-state index contributed by atoms with van der Waals surface area (Å²) in [6.45, 7) is 11.8. The van der Waals surface area contributed by atoms with Gasteiger partial charge in [0.2, 0.25) is 0 Å². The molecule has 1 heterocycles. The maximum atomic E-state index is 5.92. The van der Waals surface area contributed by atoms with E-state index in [1.54, 1.807) is 0 Å². The Balaban J connectivity index is 2.72. The van der Waals surface area contributed by atoms with Crippen molar-refractivity contribution in [2.75, 3.05) is 19.6 Å². The highest BCUT2D eigenvalue weighted by Crippen LogP contribution is 2.16. The van der Waals surface area contributed by atoms with Gasteiger partial charge in [0, 0.05) is 24.8 Å². The second-order valence-electron chi connectivity index (χ2n) is 4.35. The molecule has 0 radical (unpaired) electrons. The maximum Gasteiger partial charge on any atom is 0.0951 e. The van der Waals surface area contributed by atoms with Gasteiger partial charge in [-0.2, -0.15) is 0 Å². The molecule has 0 aliphatic carbocycles. The van der Waals surface area contributed by atoms with Gasteiger partial charge in [-0.1, -0.05) is 13.8 Å². The number of imidazole rings is 1. The largest absolute Gasteiger partial charge is 0.329 e. The molecule has 4 nitrogen and oxygen atoms in total. The van der Waals surface area contributed by atoms with Crippen molar-refractivity contribution in [3.05, 3.63) is 18.2 Å². The van der Waals surface area contributed by atoms with Crippen LogP contribution < -0.4 is 5.73 Å². The molecule has 0 saturated carbocycles. The first-order valence-corrected chi connectivity index (χ1v) is 6.09. The number of aromatic nitrogens is 2. The van der Waals surface area contributed by atoms with Gasteiger partial charge in [-0.3, -0.25) is 0 Å². The fourth-order valence-corrected chi connectivity index (χ4v) is 1.98. The van der Waals surface area contributed by atoms with Gasteiger partial charge >= 0.3 is 0 Å². The van der Waals surface area contributed by atoms with E-state index in [2.05, 4.69) is 35.2 Å². The minimum Gasteiger partial charge on any atom is -0.329 e. The van der Waals surface area contributed by atoms with Gasteiger partial charge in [-0.25, -0.2) is 4.98 Å². The van der Waals surface area contributed by atoms with Crippen LogP contribution in [0.25, 0.3) is 0 Å². The van der Waals surface area contributed by atoms with Gasteiger partial charge in [0.25, 0.3) is 0 Å². The Hall–Kier alpha value is -0.870. The average molecular weight is 224 g/mol. The minimum atomic E-state index is 0.0432. The van der Waals surface area contributed by atoms with Crippen LogP contribution in [-0.4, -0.2) is 34.1 Å². The molecular weight excluding hydrogens is 200 g/mol. The normalized spacial score (nSPS) is 15.4. The van der Waals surface area contributed by atoms with Gasteiger partial charge in [0.05, 0.1) is 12.0 Å². The molecule has 2 atom stereocenters. The molecule has 0 bridgehead atoms. The lowest BCUT2D eigenvalue weighted by atomic mass is 10.2. The van der Waals surface area contributed by atoms with Crippen LogP contribution in [0.4, 0.5) is 0 Å². The monoisotopic (exact) mass is 224 g/mol. The lowest BCUT2D eigenvalue weighted by molar-refractivity contribution is 0.258. The number of likely N-dealkylation sites (N-methyl/N-ethyl adjacent to an activating group) is 1. The van der Waals surface area contributed by atoms with E-state index in [1.807, 2.05) is 19.4 Å². The van der Waals surface area contributed by atoms with Gasteiger partial charge in [0.15, 0.2) is 0 Å². The number of hydrogen-bond acceptors (Lipinski definition) is 3. The third-order valence-corrected chi connectivity index (χ3v) is 3.05. The molecule has 4 heteroatoms. The third-order valence-electron chi connectivity index (χ3n) is 3.05. The Bertz CT molecular complexity index is 302. The van der Waals surface area contributed by atoms with Crippen LogP contribution in [0.5, 0.6) is 0 Å². The van der Waals surface area contributed by atoms with Crippen molar-refractivity contribution in [1.29, 1.82) is 0 Å². The van der Waals surface area contributed by atoms with Crippen LogP contribution in [-0.2, 0) is 0 Å². The zero-order chi connectivity index (χ0) is 12.1. The first-order chi connectivity index (χ1) is 7.60. The summed E-state index contributed by atoms with van der Waals surface area (Å²) in [7, 11) is 0. The topological polar surface area (TPSA) is 47.1 Å². The van der Waals surface area contributed by atoms with Crippen LogP contribution in [0, 0.1) is 0 Å². The maximum absolute atomic E-state index is 5.92. The molecule has 1 unspecified atom stereocenters. The molecular formula is C12H24N4. The molecule has 0 aliphatic rings. The van der Waals surface area contributed by atoms with Crippen molar-refractivity contribution in [2.45, 2.75) is 39.8 Å². The van der Waals surface area contributed by atoms with Crippen molar-refractivity contribution in [2.24, 2.45) is 5.73 Å². The Morgan fingerprint density at radius 3 is 2.50 bits per heavy atom.